The monoisotopic (exact) mass is 316 g/mol. The lowest BCUT2D eigenvalue weighted by molar-refractivity contribution is -0.485. The molecule has 20 heavy (non-hydrogen) atoms. The van der Waals surface area contributed by atoms with Gasteiger partial charge in [-0.2, -0.15) is 8.78 Å². The minimum Gasteiger partial charge on any atom is -0.295 e. The van der Waals surface area contributed by atoms with E-state index in [2.05, 4.69) is 9.47 Å². The molecule has 124 valence electrons. The second-order valence-electron chi connectivity index (χ2n) is 4.39. The van der Waals surface area contributed by atoms with Gasteiger partial charge in [0.05, 0.1) is 20.0 Å². The number of hydrogen-bond donors (Lipinski definition) is 0. The number of alkyl halides is 7. The molecule has 0 aliphatic carbocycles. The molecular weight excluding hydrogens is 297 g/mol. The predicted molar refractivity (Wildman–Crippen MR) is 58.9 cm³/mol. The van der Waals surface area contributed by atoms with Crippen LogP contribution in [-0.2, 0) is 9.47 Å². The third kappa shape index (κ3) is 9.35. The average molecular weight is 316 g/mol. The van der Waals surface area contributed by atoms with Crippen molar-refractivity contribution in [3.8, 4) is 0 Å². The van der Waals surface area contributed by atoms with Crippen LogP contribution in [-0.4, -0.2) is 38.0 Å². The van der Waals surface area contributed by atoms with Crippen molar-refractivity contribution in [2.75, 3.05) is 20.0 Å². The van der Waals surface area contributed by atoms with Crippen LogP contribution in [0, 0.1) is 5.92 Å². The summed E-state index contributed by atoms with van der Waals surface area (Å²) in [5.41, 5.74) is -3.30. The van der Waals surface area contributed by atoms with Gasteiger partial charge in [-0.1, -0.05) is 6.92 Å². The molecule has 0 radical (unpaired) electrons. The molecule has 9 heteroatoms. The summed E-state index contributed by atoms with van der Waals surface area (Å²) in [7, 11) is 0. The van der Waals surface area contributed by atoms with Gasteiger partial charge in [-0.3, -0.25) is 13.5 Å². The highest BCUT2D eigenvalue weighted by molar-refractivity contribution is 4.77. The summed E-state index contributed by atoms with van der Waals surface area (Å²) in [5.74, 6) is -0.906. The van der Waals surface area contributed by atoms with E-state index in [1.165, 1.54) is 13.8 Å². The molecule has 0 saturated heterocycles. The molecule has 0 amide bonds. The topological polar surface area (TPSA) is 18.5 Å². The Kier molecular flexibility index (Phi) is 9.40. The fraction of sp³-hybridized carbons (Fsp3) is 1.00. The SMILES string of the molecule is CC(CF)COC(F)(F)OC(F)(F)C(C)(C)F.CCF. The molecule has 0 aromatic rings. The molecule has 0 aromatic heterocycles. The van der Waals surface area contributed by atoms with Gasteiger partial charge in [0.25, 0.3) is 0 Å². The fourth-order valence-corrected chi connectivity index (χ4v) is 0.584. The van der Waals surface area contributed by atoms with E-state index in [0.29, 0.717) is 13.8 Å². The number of halogens is 7. The van der Waals surface area contributed by atoms with Crippen molar-refractivity contribution in [1.82, 2.24) is 0 Å². The van der Waals surface area contributed by atoms with Gasteiger partial charge in [0.1, 0.15) is 0 Å². The van der Waals surface area contributed by atoms with E-state index in [-0.39, 0.29) is 6.67 Å². The largest absolute Gasteiger partial charge is 0.490 e. The molecule has 1 unspecified atom stereocenters. The second kappa shape index (κ2) is 8.66. The minimum atomic E-state index is -4.73. The van der Waals surface area contributed by atoms with Crippen molar-refractivity contribution < 1.29 is 40.2 Å². The molecule has 1 atom stereocenters. The molecule has 0 N–H and O–H groups in total. The van der Waals surface area contributed by atoms with Crippen LogP contribution in [0.4, 0.5) is 30.7 Å². The molecule has 0 aliphatic heterocycles. The fourth-order valence-electron chi connectivity index (χ4n) is 0.584. The minimum absolute atomic E-state index is 0.250. The quantitative estimate of drug-likeness (QED) is 0.509. The lowest BCUT2D eigenvalue weighted by Gasteiger charge is -2.29. The molecule has 2 nitrogen and oxygen atoms in total. The van der Waals surface area contributed by atoms with Crippen molar-refractivity contribution in [1.29, 1.82) is 0 Å². The van der Waals surface area contributed by atoms with E-state index in [4.69, 9.17) is 0 Å². The van der Waals surface area contributed by atoms with Crippen molar-refractivity contribution in [3.63, 3.8) is 0 Å². The zero-order valence-corrected chi connectivity index (χ0v) is 11.7. The van der Waals surface area contributed by atoms with E-state index in [1.807, 2.05) is 0 Å². The smallest absolute Gasteiger partial charge is 0.295 e. The lowest BCUT2D eigenvalue weighted by Crippen LogP contribution is -2.47. The Hall–Kier alpha value is -0.570. The molecule has 0 heterocycles. The summed E-state index contributed by atoms with van der Waals surface area (Å²) in [6.45, 7) is 1.42. The van der Waals surface area contributed by atoms with Gasteiger partial charge in [-0.25, -0.2) is 9.13 Å². The summed E-state index contributed by atoms with van der Waals surface area (Å²) in [6, 6.07) is 0. The maximum absolute atomic E-state index is 12.8. The van der Waals surface area contributed by atoms with Crippen LogP contribution in [0.25, 0.3) is 0 Å². The molecule has 0 spiro atoms. The van der Waals surface area contributed by atoms with Crippen molar-refractivity contribution in [2.45, 2.75) is 45.8 Å². The zero-order chi connectivity index (χ0) is 16.6. The van der Waals surface area contributed by atoms with E-state index in [0.717, 1.165) is 0 Å². The van der Waals surface area contributed by atoms with Crippen LogP contribution >= 0.6 is 0 Å². The Balaban J connectivity index is 0. The molecular formula is C11H19F7O2. The highest BCUT2D eigenvalue weighted by Gasteiger charge is 2.56. The van der Waals surface area contributed by atoms with Crippen LogP contribution in [0.3, 0.4) is 0 Å². The summed E-state index contributed by atoms with van der Waals surface area (Å²) >= 11 is 0. The van der Waals surface area contributed by atoms with Gasteiger partial charge in [-0.15, -0.1) is 8.78 Å². The molecule has 0 aromatic carbocycles. The maximum Gasteiger partial charge on any atom is 0.490 e. The highest BCUT2D eigenvalue weighted by atomic mass is 19.3. The lowest BCUT2D eigenvalue weighted by atomic mass is 10.1. The van der Waals surface area contributed by atoms with Crippen LogP contribution < -0.4 is 0 Å². The second-order valence-corrected chi connectivity index (χ2v) is 4.39. The van der Waals surface area contributed by atoms with Gasteiger partial charge in [-0.05, 0) is 20.8 Å². The van der Waals surface area contributed by atoms with Crippen LogP contribution in [0.15, 0.2) is 0 Å². The van der Waals surface area contributed by atoms with Crippen LogP contribution in [0.2, 0.25) is 0 Å². The Morgan fingerprint density at radius 1 is 1.00 bits per heavy atom. The zero-order valence-electron chi connectivity index (χ0n) is 11.7. The van der Waals surface area contributed by atoms with Crippen molar-refractivity contribution in [3.05, 3.63) is 0 Å². The van der Waals surface area contributed by atoms with Crippen LogP contribution in [0.1, 0.15) is 27.7 Å². The predicted octanol–water partition coefficient (Wildman–Crippen LogP) is 4.49. The van der Waals surface area contributed by atoms with Crippen molar-refractivity contribution >= 4 is 0 Å². The van der Waals surface area contributed by atoms with Crippen LogP contribution in [0.5, 0.6) is 0 Å². The Bertz CT molecular complexity index is 254. The summed E-state index contributed by atoms with van der Waals surface area (Å²) in [6.07, 6.45) is -9.41. The summed E-state index contributed by atoms with van der Waals surface area (Å²) in [5, 5.41) is 0. The van der Waals surface area contributed by atoms with Gasteiger partial charge in [0.15, 0.2) is 5.67 Å². The Labute approximate surface area is 113 Å². The Morgan fingerprint density at radius 3 is 1.70 bits per heavy atom. The molecule has 0 bridgehead atoms. The maximum atomic E-state index is 12.8. The first-order chi connectivity index (χ1) is 8.83. The third-order valence-electron chi connectivity index (χ3n) is 1.74. The first-order valence-electron chi connectivity index (χ1n) is 5.73. The average Bonchev–Trinajstić information content (AvgIpc) is 2.24. The van der Waals surface area contributed by atoms with Gasteiger partial charge >= 0.3 is 12.4 Å². The molecule has 0 saturated carbocycles. The molecule has 0 fully saturated rings. The third-order valence-corrected chi connectivity index (χ3v) is 1.74. The standard InChI is InChI=1S/C9H14F6O2.C2H5F/c1-6(4-10)5-16-9(14,15)17-8(12,13)7(2,3)11;1-2-3/h6H,4-5H2,1-3H3;2H2,1H3. The first-order valence-corrected chi connectivity index (χ1v) is 5.73. The number of rotatable bonds is 7. The van der Waals surface area contributed by atoms with Gasteiger partial charge in [0.2, 0.25) is 0 Å². The molecule has 0 rings (SSSR count). The highest BCUT2D eigenvalue weighted by Crippen LogP contribution is 2.38. The molecule has 0 aliphatic rings. The number of hydrogen-bond acceptors (Lipinski definition) is 2. The number of ether oxygens (including phenoxy) is 2. The van der Waals surface area contributed by atoms with E-state index in [9.17, 15) is 30.7 Å². The van der Waals surface area contributed by atoms with Gasteiger partial charge < -0.3 is 0 Å². The van der Waals surface area contributed by atoms with Gasteiger partial charge in [0, 0.05) is 5.92 Å². The summed E-state index contributed by atoms with van der Waals surface area (Å²) in [4.78, 5) is 0. The van der Waals surface area contributed by atoms with E-state index in [1.54, 1.807) is 0 Å². The summed E-state index contributed by atoms with van der Waals surface area (Å²) < 4.78 is 92.8. The van der Waals surface area contributed by atoms with Crippen molar-refractivity contribution in [2.24, 2.45) is 5.92 Å². The van der Waals surface area contributed by atoms with E-state index >= 15 is 0 Å². The first kappa shape index (κ1) is 21.7. The Morgan fingerprint density at radius 2 is 1.40 bits per heavy atom. The van der Waals surface area contributed by atoms with E-state index < -0.39 is 37.3 Å². The normalized spacial score (nSPS) is 14.6.